The number of nitrogens with zero attached hydrogens (tertiary/aromatic N) is 6. The Labute approximate surface area is 295 Å². The van der Waals surface area contributed by atoms with E-state index in [9.17, 15) is 0 Å². The average Bonchev–Trinajstić information content (AvgIpc) is 3.05. The van der Waals surface area contributed by atoms with Crippen LogP contribution in [0.5, 0.6) is 0 Å². The van der Waals surface area contributed by atoms with E-state index in [1.54, 1.807) is 0 Å². The smallest absolute Gasteiger partial charge is 0.232 e. The molecule has 0 saturated heterocycles. The predicted octanol–water partition coefficient (Wildman–Crippen LogP) is 11.8. The summed E-state index contributed by atoms with van der Waals surface area (Å²) in [4.78, 5) is 22.6. The maximum Gasteiger partial charge on any atom is 0.232 e. The highest BCUT2D eigenvalue weighted by atomic mass is 15.4. The lowest BCUT2D eigenvalue weighted by Gasteiger charge is -2.28. The fraction of sp³-hybridized carbons (Fsp3) is 0.925. The number of unbranched alkanes of at least 4 members (excludes halogenated alkanes) is 20. The van der Waals surface area contributed by atoms with Gasteiger partial charge in [-0.05, 0) is 32.7 Å². The zero-order valence-corrected chi connectivity index (χ0v) is 31.2. The SMILES string of the molecule is C.C.CCCCCCCCN(CCCCCCCC)c1nc(N(C)CNC)nc(N(CCCCCCCC)CCCCCCCC)n1. The molecule has 1 N–H and O–H groups in total. The summed E-state index contributed by atoms with van der Waals surface area (Å²) in [6.07, 6.45) is 31.4. The Bertz CT molecular complexity index is 689. The summed E-state index contributed by atoms with van der Waals surface area (Å²) in [7, 11) is 4.09. The first kappa shape index (κ1) is 47.5. The first-order chi connectivity index (χ1) is 22.1. The molecule has 0 saturated carbocycles. The third kappa shape index (κ3) is 24.2. The summed E-state index contributed by atoms with van der Waals surface area (Å²) in [5.41, 5.74) is 0. The fourth-order valence-corrected chi connectivity index (χ4v) is 6.06. The van der Waals surface area contributed by atoms with Crippen molar-refractivity contribution in [2.24, 2.45) is 0 Å². The molecule has 0 fully saturated rings. The van der Waals surface area contributed by atoms with Gasteiger partial charge in [0, 0.05) is 33.2 Å². The predicted molar refractivity (Wildman–Crippen MR) is 214 cm³/mol. The molecule has 1 heterocycles. The molecule has 7 heteroatoms. The molecule has 0 aliphatic carbocycles. The summed E-state index contributed by atoms with van der Waals surface area (Å²) in [6.45, 7) is 14.0. The van der Waals surface area contributed by atoms with E-state index in [1.807, 2.05) is 7.05 Å². The fourth-order valence-electron chi connectivity index (χ4n) is 6.06. The maximum absolute atomic E-state index is 5.27. The van der Waals surface area contributed by atoms with E-state index in [0.717, 1.165) is 44.0 Å². The average molecular weight is 664 g/mol. The minimum atomic E-state index is 0. The van der Waals surface area contributed by atoms with Crippen LogP contribution in [0.4, 0.5) is 17.8 Å². The zero-order chi connectivity index (χ0) is 32.8. The van der Waals surface area contributed by atoms with Gasteiger partial charge in [-0.2, -0.15) is 15.0 Å². The van der Waals surface area contributed by atoms with E-state index in [2.05, 4.69) is 54.8 Å². The van der Waals surface area contributed by atoms with E-state index in [-0.39, 0.29) is 14.9 Å². The second-order valence-corrected chi connectivity index (χ2v) is 13.5. The molecule has 280 valence electrons. The van der Waals surface area contributed by atoms with Crippen LogP contribution < -0.4 is 20.0 Å². The van der Waals surface area contributed by atoms with Gasteiger partial charge in [0.1, 0.15) is 0 Å². The third-order valence-corrected chi connectivity index (χ3v) is 9.03. The van der Waals surface area contributed by atoms with Crippen LogP contribution in [0.2, 0.25) is 0 Å². The summed E-state index contributed by atoms with van der Waals surface area (Å²) < 4.78 is 0. The van der Waals surface area contributed by atoms with E-state index in [4.69, 9.17) is 15.0 Å². The first-order valence-corrected chi connectivity index (χ1v) is 19.7. The molecule has 1 aromatic heterocycles. The molecule has 0 atom stereocenters. The van der Waals surface area contributed by atoms with Gasteiger partial charge >= 0.3 is 0 Å². The topological polar surface area (TPSA) is 60.4 Å². The highest BCUT2D eigenvalue weighted by molar-refractivity contribution is 5.46. The zero-order valence-electron chi connectivity index (χ0n) is 31.2. The van der Waals surface area contributed by atoms with Gasteiger partial charge in [0.15, 0.2) is 0 Å². The van der Waals surface area contributed by atoms with Crippen molar-refractivity contribution < 1.29 is 0 Å². The van der Waals surface area contributed by atoms with Crippen LogP contribution in [0, 0.1) is 0 Å². The van der Waals surface area contributed by atoms with Gasteiger partial charge in [-0.1, -0.05) is 171 Å². The monoisotopic (exact) mass is 664 g/mol. The molecule has 0 aromatic carbocycles. The number of nitrogens with one attached hydrogen (secondary N) is 1. The van der Waals surface area contributed by atoms with E-state index >= 15 is 0 Å². The summed E-state index contributed by atoms with van der Waals surface area (Å²) in [5, 5.41) is 3.30. The molecule has 7 nitrogen and oxygen atoms in total. The normalized spacial score (nSPS) is 10.9. The van der Waals surface area contributed by atoms with E-state index < -0.39 is 0 Å². The van der Waals surface area contributed by atoms with Crippen LogP contribution in [-0.2, 0) is 0 Å². The van der Waals surface area contributed by atoms with Gasteiger partial charge in [0.2, 0.25) is 17.8 Å². The molecule has 1 aromatic rings. The number of hydrogen-bond donors (Lipinski definition) is 1. The quantitative estimate of drug-likeness (QED) is 0.0593. The van der Waals surface area contributed by atoms with E-state index in [1.165, 1.54) is 154 Å². The number of anilines is 3. The van der Waals surface area contributed by atoms with Crippen LogP contribution in [0.15, 0.2) is 0 Å². The van der Waals surface area contributed by atoms with E-state index in [0.29, 0.717) is 6.67 Å². The standard InChI is InChI=1S/C38H77N7.2CH4/c1-7-11-15-19-23-27-31-44(32-28-24-20-16-12-8-2)37-40-36(43(6)35-39-5)41-38(42-37)45(33-29-25-21-17-13-9-3)34-30-26-22-18-14-10-4;;/h39H,7-35H2,1-6H3;2*1H4. The molecule has 0 aliphatic heterocycles. The Kier molecular flexibility index (Phi) is 34.6. The van der Waals surface area contributed by atoms with Gasteiger partial charge < -0.3 is 20.0 Å². The van der Waals surface area contributed by atoms with Crippen molar-refractivity contribution in [2.75, 3.05) is 61.6 Å². The van der Waals surface area contributed by atoms with Crippen LogP contribution >= 0.6 is 0 Å². The molecule has 47 heavy (non-hydrogen) atoms. The molecule has 0 bridgehead atoms. The maximum atomic E-state index is 5.27. The second kappa shape index (κ2) is 34.2. The molecule has 0 radical (unpaired) electrons. The minimum Gasteiger partial charge on any atom is -0.341 e. The Morgan fingerprint density at radius 2 is 0.660 bits per heavy atom. The van der Waals surface area contributed by atoms with Crippen molar-refractivity contribution in [1.82, 2.24) is 20.3 Å². The lowest BCUT2D eigenvalue weighted by atomic mass is 10.1. The lowest BCUT2D eigenvalue weighted by Crippen LogP contribution is -2.34. The highest BCUT2D eigenvalue weighted by Gasteiger charge is 2.19. The number of hydrogen-bond acceptors (Lipinski definition) is 7. The molecular formula is C40H85N7. The van der Waals surface area contributed by atoms with Crippen molar-refractivity contribution in [1.29, 1.82) is 0 Å². The van der Waals surface area contributed by atoms with Gasteiger partial charge in [-0.3, -0.25) is 0 Å². The van der Waals surface area contributed by atoms with Crippen molar-refractivity contribution in [3.8, 4) is 0 Å². The van der Waals surface area contributed by atoms with Crippen LogP contribution in [0.25, 0.3) is 0 Å². The first-order valence-electron chi connectivity index (χ1n) is 19.7. The van der Waals surface area contributed by atoms with Crippen molar-refractivity contribution >= 4 is 17.8 Å². The molecule has 0 unspecified atom stereocenters. The van der Waals surface area contributed by atoms with Gasteiger partial charge in [0.05, 0.1) is 6.67 Å². The largest absolute Gasteiger partial charge is 0.341 e. The Morgan fingerprint density at radius 1 is 0.404 bits per heavy atom. The van der Waals surface area contributed by atoms with Crippen molar-refractivity contribution in [2.45, 2.75) is 197 Å². The van der Waals surface area contributed by atoms with Gasteiger partial charge in [-0.25, -0.2) is 0 Å². The third-order valence-electron chi connectivity index (χ3n) is 9.03. The Hall–Kier alpha value is -1.63. The molecule has 1 rings (SSSR count). The number of rotatable bonds is 33. The molecular weight excluding hydrogens is 578 g/mol. The van der Waals surface area contributed by atoms with Crippen LogP contribution in [0.3, 0.4) is 0 Å². The highest BCUT2D eigenvalue weighted by Crippen LogP contribution is 2.22. The van der Waals surface area contributed by atoms with Crippen molar-refractivity contribution in [3.05, 3.63) is 0 Å². The van der Waals surface area contributed by atoms with Crippen molar-refractivity contribution in [3.63, 3.8) is 0 Å². The summed E-state index contributed by atoms with van der Waals surface area (Å²) in [5.74, 6) is 2.56. The minimum absolute atomic E-state index is 0. The van der Waals surface area contributed by atoms with Gasteiger partial charge in [-0.15, -0.1) is 0 Å². The lowest BCUT2D eigenvalue weighted by molar-refractivity contribution is 0.563. The van der Waals surface area contributed by atoms with Gasteiger partial charge in [0.25, 0.3) is 0 Å². The summed E-state index contributed by atoms with van der Waals surface area (Å²) in [6, 6.07) is 0. The van der Waals surface area contributed by atoms with Crippen LogP contribution in [-0.4, -0.2) is 61.9 Å². The van der Waals surface area contributed by atoms with Crippen LogP contribution in [0.1, 0.15) is 197 Å². The summed E-state index contributed by atoms with van der Waals surface area (Å²) >= 11 is 0. The number of aromatic nitrogens is 3. The molecule has 0 amide bonds. The molecule has 0 aliphatic rings. The second-order valence-electron chi connectivity index (χ2n) is 13.5. The Morgan fingerprint density at radius 3 is 0.936 bits per heavy atom. The molecule has 0 spiro atoms. The Balaban J connectivity index is 0.